The monoisotopic (exact) mass is 329 g/mol. The molecule has 2 saturated heterocycles. The minimum atomic E-state index is -0.0311. The zero-order valence-corrected chi connectivity index (χ0v) is 13.7. The molecule has 24 heavy (non-hydrogen) atoms. The molecule has 1 aromatic rings. The number of nitriles is 1. The van der Waals surface area contributed by atoms with E-state index in [-0.39, 0.29) is 18.2 Å². The number of rotatable bonds is 5. The quantitative estimate of drug-likeness (QED) is 0.841. The number of likely N-dealkylation sites (tertiary alicyclic amines) is 1. The lowest BCUT2D eigenvalue weighted by Gasteiger charge is -2.29. The molecule has 2 fully saturated rings. The zero-order valence-electron chi connectivity index (χ0n) is 13.7. The van der Waals surface area contributed by atoms with E-state index < -0.39 is 0 Å². The van der Waals surface area contributed by atoms with E-state index >= 15 is 0 Å². The molecule has 0 aliphatic carbocycles. The summed E-state index contributed by atoms with van der Waals surface area (Å²) in [5, 5.41) is 11.7. The minimum Gasteiger partial charge on any atom is -0.492 e. The first-order valence-corrected chi connectivity index (χ1v) is 8.57. The Kier molecular flexibility index (Phi) is 5.55. The third-order valence-electron chi connectivity index (χ3n) is 4.58. The zero-order chi connectivity index (χ0) is 16.8. The highest BCUT2D eigenvalue weighted by Crippen LogP contribution is 2.27. The van der Waals surface area contributed by atoms with Gasteiger partial charge in [-0.25, -0.2) is 4.79 Å². The Morgan fingerprint density at radius 3 is 2.88 bits per heavy atom. The second-order valence-electron chi connectivity index (χ2n) is 6.17. The maximum Gasteiger partial charge on any atom is 0.317 e. The fourth-order valence-electron chi connectivity index (χ4n) is 3.39. The summed E-state index contributed by atoms with van der Waals surface area (Å²) in [6.45, 7) is 2.46. The van der Waals surface area contributed by atoms with Gasteiger partial charge in [0.25, 0.3) is 0 Å². The van der Waals surface area contributed by atoms with Crippen LogP contribution in [0, 0.1) is 11.3 Å². The van der Waals surface area contributed by atoms with Gasteiger partial charge in [0, 0.05) is 13.2 Å². The average molecular weight is 329 g/mol. The molecule has 0 bridgehead atoms. The predicted molar refractivity (Wildman–Crippen MR) is 88.8 cm³/mol. The number of hydrogen-bond donors (Lipinski definition) is 1. The van der Waals surface area contributed by atoms with Crippen molar-refractivity contribution in [1.82, 2.24) is 10.2 Å². The highest BCUT2D eigenvalue weighted by atomic mass is 16.5. The maximum absolute atomic E-state index is 12.4. The predicted octanol–water partition coefficient (Wildman–Crippen LogP) is 2.29. The van der Waals surface area contributed by atoms with Crippen LogP contribution in [0.25, 0.3) is 0 Å². The van der Waals surface area contributed by atoms with Crippen LogP contribution in [0.5, 0.6) is 5.75 Å². The van der Waals surface area contributed by atoms with Crippen molar-refractivity contribution in [2.75, 3.05) is 26.3 Å². The van der Waals surface area contributed by atoms with E-state index in [9.17, 15) is 4.79 Å². The van der Waals surface area contributed by atoms with Gasteiger partial charge in [-0.3, -0.25) is 0 Å². The van der Waals surface area contributed by atoms with Crippen molar-refractivity contribution in [3.63, 3.8) is 0 Å². The smallest absolute Gasteiger partial charge is 0.317 e. The van der Waals surface area contributed by atoms with Gasteiger partial charge in [0.05, 0.1) is 30.3 Å². The van der Waals surface area contributed by atoms with Crippen LogP contribution in [-0.4, -0.2) is 49.4 Å². The highest BCUT2D eigenvalue weighted by Gasteiger charge is 2.36. The maximum atomic E-state index is 12.4. The average Bonchev–Trinajstić information content (AvgIpc) is 3.29. The number of nitrogens with one attached hydrogen (secondary N) is 1. The Bertz CT molecular complexity index is 591. The lowest BCUT2D eigenvalue weighted by atomic mass is 10.1. The topological polar surface area (TPSA) is 74.6 Å². The van der Waals surface area contributed by atoms with E-state index in [1.807, 2.05) is 4.90 Å². The van der Waals surface area contributed by atoms with Gasteiger partial charge < -0.3 is 19.7 Å². The summed E-state index contributed by atoms with van der Waals surface area (Å²) in [7, 11) is 0. The molecule has 1 aromatic carbocycles. The molecule has 0 spiro atoms. The molecule has 0 unspecified atom stereocenters. The van der Waals surface area contributed by atoms with Crippen molar-refractivity contribution in [2.45, 2.75) is 37.8 Å². The molecule has 3 rings (SSSR count). The second kappa shape index (κ2) is 8.02. The minimum absolute atomic E-state index is 0.0311. The highest BCUT2D eigenvalue weighted by molar-refractivity contribution is 5.74. The Balaban J connectivity index is 1.41. The molecule has 2 aliphatic rings. The second-order valence-corrected chi connectivity index (χ2v) is 6.17. The number of carbonyl (C=O) groups excluding carboxylic acids is 1. The van der Waals surface area contributed by atoms with E-state index in [4.69, 9.17) is 14.7 Å². The SMILES string of the molecule is N#Cc1ccc(OCCNC(=O)N2CCC[C@@H]2[C@@H]2CCCO2)cc1. The lowest BCUT2D eigenvalue weighted by Crippen LogP contribution is -2.48. The van der Waals surface area contributed by atoms with Crippen molar-refractivity contribution in [3.05, 3.63) is 29.8 Å². The normalized spacial score (nSPS) is 23.0. The van der Waals surface area contributed by atoms with Gasteiger partial charge in [0.1, 0.15) is 12.4 Å². The Labute approximate surface area is 142 Å². The van der Waals surface area contributed by atoms with E-state index in [2.05, 4.69) is 11.4 Å². The summed E-state index contributed by atoms with van der Waals surface area (Å²) in [6.07, 6.45) is 4.42. The fraction of sp³-hybridized carbons (Fsp3) is 0.556. The molecule has 6 heteroatoms. The molecular formula is C18H23N3O3. The number of ether oxygens (including phenoxy) is 2. The van der Waals surface area contributed by atoms with Gasteiger partial charge in [0.2, 0.25) is 0 Å². The molecule has 2 heterocycles. The van der Waals surface area contributed by atoms with Crippen LogP contribution < -0.4 is 10.1 Å². The van der Waals surface area contributed by atoms with Crippen molar-refractivity contribution in [3.8, 4) is 11.8 Å². The van der Waals surface area contributed by atoms with Crippen molar-refractivity contribution < 1.29 is 14.3 Å². The molecule has 128 valence electrons. The van der Waals surface area contributed by atoms with Crippen molar-refractivity contribution in [1.29, 1.82) is 5.26 Å². The molecule has 2 atom stereocenters. The van der Waals surface area contributed by atoms with Gasteiger partial charge in [-0.05, 0) is 49.9 Å². The molecule has 0 radical (unpaired) electrons. The number of amides is 2. The third kappa shape index (κ3) is 3.98. The van der Waals surface area contributed by atoms with Gasteiger partial charge in [-0.15, -0.1) is 0 Å². The molecule has 2 aliphatic heterocycles. The van der Waals surface area contributed by atoms with Crippen LogP contribution in [0.4, 0.5) is 4.79 Å². The summed E-state index contributed by atoms with van der Waals surface area (Å²) in [5.74, 6) is 0.696. The molecule has 0 saturated carbocycles. The van der Waals surface area contributed by atoms with Crippen molar-refractivity contribution in [2.24, 2.45) is 0 Å². The molecule has 1 N–H and O–H groups in total. The van der Waals surface area contributed by atoms with Gasteiger partial charge in [-0.2, -0.15) is 5.26 Å². The van der Waals surface area contributed by atoms with Crippen LogP contribution in [0.2, 0.25) is 0 Å². The number of benzene rings is 1. The summed E-state index contributed by atoms with van der Waals surface area (Å²) >= 11 is 0. The number of nitrogens with zero attached hydrogens (tertiary/aromatic N) is 2. The molecule has 6 nitrogen and oxygen atoms in total. The fourth-order valence-corrected chi connectivity index (χ4v) is 3.39. The Morgan fingerprint density at radius 1 is 1.33 bits per heavy atom. The van der Waals surface area contributed by atoms with Crippen LogP contribution in [0.1, 0.15) is 31.2 Å². The number of carbonyl (C=O) groups is 1. The van der Waals surface area contributed by atoms with Crippen LogP contribution in [-0.2, 0) is 4.74 Å². The standard InChI is InChI=1S/C18H23N3O3/c19-13-14-5-7-15(8-6-14)23-12-9-20-18(22)21-10-1-3-16(21)17-4-2-11-24-17/h5-8,16-17H,1-4,9-12H2,(H,20,22)/t16-,17+/m1/s1. The first-order chi connectivity index (χ1) is 11.8. The van der Waals surface area contributed by atoms with Gasteiger partial charge >= 0.3 is 6.03 Å². The Morgan fingerprint density at radius 2 is 2.17 bits per heavy atom. The van der Waals surface area contributed by atoms with Gasteiger partial charge in [0.15, 0.2) is 0 Å². The largest absolute Gasteiger partial charge is 0.492 e. The van der Waals surface area contributed by atoms with Crippen LogP contribution in [0.15, 0.2) is 24.3 Å². The first-order valence-electron chi connectivity index (χ1n) is 8.57. The number of urea groups is 1. The van der Waals surface area contributed by atoms with E-state index in [1.54, 1.807) is 24.3 Å². The summed E-state index contributed by atoms with van der Waals surface area (Å²) in [6, 6.07) is 9.19. The summed E-state index contributed by atoms with van der Waals surface area (Å²) in [5.41, 5.74) is 0.602. The first kappa shape index (κ1) is 16.6. The van der Waals surface area contributed by atoms with Crippen LogP contribution >= 0.6 is 0 Å². The number of hydrogen-bond acceptors (Lipinski definition) is 4. The Hall–Kier alpha value is -2.26. The van der Waals surface area contributed by atoms with E-state index in [1.165, 1.54) is 0 Å². The third-order valence-corrected chi connectivity index (χ3v) is 4.58. The van der Waals surface area contributed by atoms with Gasteiger partial charge in [-0.1, -0.05) is 0 Å². The molecule has 0 aromatic heterocycles. The summed E-state index contributed by atoms with van der Waals surface area (Å²) in [4.78, 5) is 14.3. The van der Waals surface area contributed by atoms with E-state index in [0.717, 1.165) is 38.8 Å². The molecular weight excluding hydrogens is 306 g/mol. The summed E-state index contributed by atoms with van der Waals surface area (Å²) < 4.78 is 11.3. The van der Waals surface area contributed by atoms with Crippen LogP contribution in [0.3, 0.4) is 0 Å². The lowest BCUT2D eigenvalue weighted by molar-refractivity contribution is 0.0520. The van der Waals surface area contributed by atoms with E-state index in [0.29, 0.717) is 24.5 Å². The molecule has 2 amide bonds. The van der Waals surface area contributed by atoms with Crippen molar-refractivity contribution >= 4 is 6.03 Å².